The highest BCUT2D eigenvalue weighted by molar-refractivity contribution is 5.92. The molecular formula is C23H28N6O. The molecule has 1 saturated heterocycles. The smallest absolute Gasteiger partial charge is 0.246 e. The number of carbonyl (C=O) groups excluding carboxylic acids is 1. The van der Waals surface area contributed by atoms with Gasteiger partial charge in [0.15, 0.2) is 0 Å². The van der Waals surface area contributed by atoms with Crippen molar-refractivity contribution in [1.82, 2.24) is 15.3 Å². The average molecular weight is 405 g/mol. The molecule has 1 unspecified atom stereocenters. The maximum atomic E-state index is 12.2. The number of allylic oxidation sites excluding steroid dienone is 1. The summed E-state index contributed by atoms with van der Waals surface area (Å²) < 4.78 is 0. The third-order valence-corrected chi connectivity index (χ3v) is 5.16. The van der Waals surface area contributed by atoms with Crippen molar-refractivity contribution in [3.05, 3.63) is 53.2 Å². The van der Waals surface area contributed by atoms with E-state index >= 15 is 0 Å². The number of hydrogen-bond donors (Lipinski definition) is 2. The van der Waals surface area contributed by atoms with E-state index in [-0.39, 0.29) is 11.9 Å². The molecular weight excluding hydrogens is 376 g/mol. The maximum absolute atomic E-state index is 12.2. The molecule has 1 amide bonds. The summed E-state index contributed by atoms with van der Waals surface area (Å²) in [6.07, 6.45) is 4.55. The zero-order chi connectivity index (χ0) is 21.5. The van der Waals surface area contributed by atoms with E-state index in [0.717, 1.165) is 48.6 Å². The molecule has 1 aliphatic rings. The molecule has 2 N–H and O–H groups in total. The quantitative estimate of drug-likeness (QED) is 0.684. The van der Waals surface area contributed by atoms with Crippen LogP contribution in [0.3, 0.4) is 0 Å². The fraction of sp³-hybridized carbons (Fsp3) is 0.391. The van der Waals surface area contributed by atoms with Crippen molar-refractivity contribution in [3.8, 4) is 6.07 Å². The van der Waals surface area contributed by atoms with Gasteiger partial charge in [-0.05, 0) is 44.9 Å². The predicted molar refractivity (Wildman–Crippen MR) is 119 cm³/mol. The second-order valence-corrected chi connectivity index (χ2v) is 7.49. The first-order valence-electron chi connectivity index (χ1n) is 10.4. The van der Waals surface area contributed by atoms with Crippen LogP contribution in [0.5, 0.6) is 0 Å². The number of anilines is 3. The van der Waals surface area contributed by atoms with E-state index < -0.39 is 0 Å². The van der Waals surface area contributed by atoms with Gasteiger partial charge in [0.05, 0.1) is 11.6 Å². The Labute approximate surface area is 177 Å². The third kappa shape index (κ3) is 5.35. The Morgan fingerprint density at radius 2 is 2.20 bits per heavy atom. The molecule has 2 aromatic rings. The van der Waals surface area contributed by atoms with Crippen molar-refractivity contribution in [3.63, 3.8) is 0 Å². The van der Waals surface area contributed by atoms with E-state index in [1.807, 2.05) is 38.1 Å². The van der Waals surface area contributed by atoms with Gasteiger partial charge in [-0.3, -0.25) is 4.79 Å². The van der Waals surface area contributed by atoms with Gasteiger partial charge < -0.3 is 15.5 Å². The molecule has 156 valence electrons. The van der Waals surface area contributed by atoms with Crippen LogP contribution in [0.25, 0.3) is 0 Å². The first-order chi connectivity index (χ1) is 14.5. The molecule has 2 heterocycles. The lowest BCUT2D eigenvalue weighted by molar-refractivity contribution is -0.118. The zero-order valence-corrected chi connectivity index (χ0v) is 17.8. The normalized spacial score (nSPS) is 16.3. The van der Waals surface area contributed by atoms with Crippen molar-refractivity contribution in [2.24, 2.45) is 0 Å². The van der Waals surface area contributed by atoms with Gasteiger partial charge in [-0.1, -0.05) is 25.5 Å². The lowest BCUT2D eigenvalue weighted by Crippen LogP contribution is -2.37. The highest BCUT2D eigenvalue weighted by Crippen LogP contribution is 2.23. The summed E-state index contributed by atoms with van der Waals surface area (Å²) in [6.45, 7) is 7.35. The van der Waals surface area contributed by atoms with Gasteiger partial charge in [-0.15, -0.1) is 0 Å². The Morgan fingerprint density at radius 3 is 2.93 bits per heavy atom. The minimum absolute atomic E-state index is 0.0153. The molecule has 1 aromatic heterocycles. The Kier molecular flexibility index (Phi) is 7.02. The molecule has 7 heteroatoms. The highest BCUT2D eigenvalue weighted by Gasteiger charge is 2.25. The lowest BCUT2D eigenvalue weighted by atomic mass is 10.2. The van der Waals surface area contributed by atoms with E-state index in [4.69, 9.17) is 10.2 Å². The fourth-order valence-corrected chi connectivity index (χ4v) is 3.40. The van der Waals surface area contributed by atoms with Crippen LogP contribution in [-0.4, -0.2) is 35.0 Å². The van der Waals surface area contributed by atoms with Crippen LogP contribution in [0.4, 0.5) is 17.5 Å². The van der Waals surface area contributed by atoms with Gasteiger partial charge in [0, 0.05) is 42.2 Å². The molecule has 0 spiro atoms. The number of benzene rings is 1. The van der Waals surface area contributed by atoms with Gasteiger partial charge in [0.25, 0.3) is 0 Å². The Hall–Kier alpha value is -3.40. The number of carbonyl (C=O) groups is 1. The number of nitrogens with zero attached hydrogens (tertiary/aromatic N) is 4. The predicted octanol–water partition coefficient (Wildman–Crippen LogP) is 3.71. The summed E-state index contributed by atoms with van der Waals surface area (Å²) in [5.41, 5.74) is 3.06. The van der Waals surface area contributed by atoms with Crippen LogP contribution in [-0.2, 0) is 11.2 Å². The van der Waals surface area contributed by atoms with Crippen LogP contribution in [0.1, 0.15) is 44.9 Å². The monoisotopic (exact) mass is 404 g/mol. The van der Waals surface area contributed by atoms with Gasteiger partial charge in [0.2, 0.25) is 11.9 Å². The first kappa shape index (κ1) is 21.3. The number of amides is 1. The molecule has 1 aliphatic heterocycles. The third-order valence-electron chi connectivity index (χ3n) is 5.16. The van der Waals surface area contributed by atoms with Gasteiger partial charge >= 0.3 is 0 Å². The minimum atomic E-state index is -0.0153. The first-order valence-corrected chi connectivity index (χ1v) is 10.4. The minimum Gasteiger partial charge on any atom is -0.354 e. The number of rotatable bonds is 7. The second kappa shape index (κ2) is 9.88. The average Bonchev–Trinajstić information content (AvgIpc) is 3.22. The summed E-state index contributed by atoms with van der Waals surface area (Å²) >= 11 is 0. The van der Waals surface area contributed by atoms with Crippen molar-refractivity contribution in [1.29, 1.82) is 5.26 Å². The fourth-order valence-electron chi connectivity index (χ4n) is 3.40. The van der Waals surface area contributed by atoms with Gasteiger partial charge in [-0.25, -0.2) is 4.98 Å². The summed E-state index contributed by atoms with van der Waals surface area (Å²) in [5, 5.41) is 15.4. The molecule has 0 aliphatic carbocycles. The molecule has 0 bridgehead atoms. The molecule has 1 atom stereocenters. The van der Waals surface area contributed by atoms with Crippen molar-refractivity contribution >= 4 is 23.4 Å². The number of aromatic nitrogens is 2. The van der Waals surface area contributed by atoms with Crippen molar-refractivity contribution < 1.29 is 4.79 Å². The molecule has 3 rings (SSSR count). The number of nitriles is 1. The standard InChI is InChI=1S/C23H28N6O/c1-4-7-18-13-21(29-11-10-20(15-29)25-22(30)16(3)5-2)28-23(26-18)27-19-9-6-8-17(12-19)14-24/h5-6,8-9,12-13,20H,4,7,10-11,15H2,1-3H3,(H,25,30)(H,26,27,28)/b16-5+. The topological polar surface area (TPSA) is 93.9 Å². The molecule has 0 saturated carbocycles. The largest absolute Gasteiger partial charge is 0.354 e. The van der Waals surface area contributed by atoms with Crippen LogP contribution >= 0.6 is 0 Å². The van der Waals surface area contributed by atoms with Crippen molar-refractivity contribution in [2.75, 3.05) is 23.3 Å². The summed E-state index contributed by atoms with van der Waals surface area (Å²) in [6, 6.07) is 11.5. The van der Waals surface area contributed by atoms with E-state index in [9.17, 15) is 4.79 Å². The van der Waals surface area contributed by atoms with Crippen LogP contribution < -0.4 is 15.5 Å². The SMILES string of the molecule is C/C=C(\C)C(=O)NC1CCN(c2cc(CCC)nc(Nc3cccc(C#N)c3)n2)C1. The maximum Gasteiger partial charge on any atom is 0.246 e. The van der Waals surface area contributed by atoms with E-state index in [0.29, 0.717) is 18.1 Å². The molecule has 30 heavy (non-hydrogen) atoms. The second-order valence-electron chi connectivity index (χ2n) is 7.49. The van der Waals surface area contributed by atoms with E-state index in [2.05, 4.69) is 33.5 Å². The van der Waals surface area contributed by atoms with Crippen LogP contribution in [0.15, 0.2) is 42.0 Å². The van der Waals surface area contributed by atoms with Gasteiger partial charge in [-0.2, -0.15) is 10.2 Å². The Balaban J connectivity index is 1.77. The molecule has 1 aromatic carbocycles. The van der Waals surface area contributed by atoms with Crippen molar-refractivity contribution in [2.45, 2.75) is 46.1 Å². The Bertz CT molecular complexity index is 978. The van der Waals surface area contributed by atoms with Gasteiger partial charge in [0.1, 0.15) is 5.82 Å². The van der Waals surface area contributed by atoms with Crippen LogP contribution in [0.2, 0.25) is 0 Å². The van der Waals surface area contributed by atoms with Crippen LogP contribution in [0, 0.1) is 11.3 Å². The number of aryl methyl sites for hydroxylation is 1. The molecule has 1 fully saturated rings. The highest BCUT2D eigenvalue weighted by atomic mass is 16.1. The lowest BCUT2D eigenvalue weighted by Gasteiger charge is -2.20. The molecule has 7 nitrogen and oxygen atoms in total. The summed E-state index contributed by atoms with van der Waals surface area (Å²) in [5.74, 6) is 1.36. The van der Waals surface area contributed by atoms with E-state index in [1.54, 1.807) is 12.1 Å². The Morgan fingerprint density at radius 1 is 1.37 bits per heavy atom. The zero-order valence-electron chi connectivity index (χ0n) is 17.8. The summed E-state index contributed by atoms with van der Waals surface area (Å²) in [7, 11) is 0. The number of hydrogen-bond acceptors (Lipinski definition) is 6. The number of nitrogens with one attached hydrogen (secondary N) is 2. The summed E-state index contributed by atoms with van der Waals surface area (Å²) in [4.78, 5) is 23.7. The molecule has 0 radical (unpaired) electrons. The van der Waals surface area contributed by atoms with E-state index in [1.165, 1.54) is 0 Å².